The molecule has 0 aromatic carbocycles. The van der Waals surface area contributed by atoms with Gasteiger partial charge in [-0.25, -0.2) is 0 Å². The van der Waals surface area contributed by atoms with Crippen molar-refractivity contribution in [2.75, 3.05) is 0 Å². The fourth-order valence-electron chi connectivity index (χ4n) is 5.73. The number of carbonyl (C=O) groups is 2. The van der Waals surface area contributed by atoms with E-state index >= 15 is 0 Å². The van der Waals surface area contributed by atoms with Gasteiger partial charge >= 0.3 is 5.97 Å². The van der Waals surface area contributed by atoms with Crippen LogP contribution in [-0.2, 0) is 14.3 Å². The van der Waals surface area contributed by atoms with Gasteiger partial charge in [-0.3, -0.25) is 9.59 Å². The minimum absolute atomic E-state index is 0.0354. The molecule has 1 aliphatic heterocycles. The second-order valence-corrected chi connectivity index (χ2v) is 8.94. The van der Waals surface area contributed by atoms with Gasteiger partial charge < -0.3 is 14.9 Å². The van der Waals surface area contributed by atoms with Gasteiger partial charge in [-0.1, -0.05) is 18.2 Å². The summed E-state index contributed by atoms with van der Waals surface area (Å²) in [5, 5.41) is 20.4. The number of esters is 1. The van der Waals surface area contributed by atoms with Gasteiger partial charge in [0.2, 0.25) is 0 Å². The first-order valence-electron chi connectivity index (χ1n) is 10.4. The number of hydrogen-bond acceptors (Lipinski definition) is 5. The molecule has 1 saturated carbocycles. The first-order valence-corrected chi connectivity index (χ1v) is 10.4. The third kappa shape index (κ3) is 3.77. The molecular weight excluding hydrogens is 344 g/mol. The second-order valence-electron chi connectivity index (χ2n) is 8.94. The number of aliphatic hydroxyl groups is 2. The largest absolute Gasteiger partial charge is 0.463 e. The lowest BCUT2D eigenvalue weighted by Crippen LogP contribution is -2.31. The molecule has 8 unspecified atom stereocenters. The highest BCUT2D eigenvalue weighted by molar-refractivity contribution is 5.97. The maximum Gasteiger partial charge on any atom is 0.306 e. The van der Waals surface area contributed by atoms with Crippen molar-refractivity contribution in [3.63, 3.8) is 0 Å². The van der Waals surface area contributed by atoms with E-state index in [-0.39, 0.29) is 54.6 Å². The van der Waals surface area contributed by atoms with E-state index in [0.717, 1.165) is 19.3 Å². The van der Waals surface area contributed by atoms with E-state index in [4.69, 9.17) is 4.74 Å². The maximum atomic E-state index is 12.9. The second kappa shape index (κ2) is 7.51. The predicted molar refractivity (Wildman–Crippen MR) is 99.6 cm³/mol. The van der Waals surface area contributed by atoms with Crippen molar-refractivity contribution in [3.05, 3.63) is 23.8 Å². The van der Waals surface area contributed by atoms with Crippen LogP contribution < -0.4 is 0 Å². The summed E-state index contributed by atoms with van der Waals surface area (Å²) in [5.74, 6) is 0.531. The van der Waals surface area contributed by atoms with E-state index in [2.05, 4.69) is 18.2 Å². The molecule has 1 saturated heterocycles. The number of carbonyl (C=O) groups excluding carboxylic acids is 2. The number of fused-ring (bicyclic) bond motifs is 5. The van der Waals surface area contributed by atoms with Crippen LogP contribution in [-0.4, -0.2) is 40.3 Å². The molecule has 148 valence electrons. The number of allylic oxidation sites excluding steroid dienone is 4. The molecule has 8 atom stereocenters. The molecule has 5 nitrogen and oxygen atoms in total. The van der Waals surface area contributed by atoms with E-state index in [9.17, 15) is 19.8 Å². The van der Waals surface area contributed by atoms with Gasteiger partial charge in [0.05, 0.1) is 24.7 Å². The van der Waals surface area contributed by atoms with Crippen LogP contribution in [0.4, 0.5) is 0 Å². The zero-order valence-corrected chi connectivity index (χ0v) is 15.9. The highest BCUT2D eigenvalue weighted by Crippen LogP contribution is 2.53. The minimum Gasteiger partial charge on any atom is -0.463 e. The third-order valence-electron chi connectivity index (χ3n) is 7.00. The smallest absolute Gasteiger partial charge is 0.306 e. The number of Topliss-reactive ketones (excluding diaryl/α,β-unsaturated/α-hetero) is 1. The van der Waals surface area contributed by atoms with Crippen LogP contribution in [0, 0.1) is 29.6 Å². The molecule has 0 aromatic rings. The lowest BCUT2D eigenvalue weighted by molar-refractivity contribution is -0.149. The molecular formula is C22H30O5. The van der Waals surface area contributed by atoms with Crippen molar-refractivity contribution in [3.8, 4) is 0 Å². The molecule has 1 heterocycles. The third-order valence-corrected chi connectivity index (χ3v) is 7.00. The molecule has 0 aromatic heterocycles. The van der Waals surface area contributed by atoms with Gasteiger partial charge in [-0.2, -0.15) is 0 Å². The normalized spacial score (nSPS) is 45.1. The summed E-state index contributed by atoms with van der Waals surface area (Å²) in [6.07, 6.45) is 9.19. The molecule has 2 fully saturated rings. The minimum atomic E-state index is -0.638. The fourth-order valence-corrected chi connectivity index (χ4v) is 5.73. The maximum absolute atomic E-state index is 12.9. The summed E-state index contributed by atoms with van der Waals surface area (Å²) >= 11 is 0. The van der Waals surface area contributed by atoms with Gasteiger partial charge in [0.1, 0.15) is 0 Å². The van der Waals surface area contributed by atoms with Crippen molar-refractivity contribution in [2.45, 2.75) is 70.2 Å². The highest BCUT2D eigenvalue weighted by atomic mass is 16.5. The molecule has 5 heteroatoms. The molecule has 0 spiro atoms. The van der Waals surface area contributed by atoms with Crippen molar-refractivity contribution in [1.29, 1.82) is 0 Å². The zero-order valence-electron chi connectivity index (χ0n) is 15.9. The first kappa shape index (κ1) is 18.9. The van der Waals surface area contributed by atoms with Gasteiger partial charge in [-0.15, -0.1) is 0 Å². The Labute approximate surface area is 160 Å². The molecule has 2 N–H and O–H groups in total. The van der Waals surface area contributed by atoms with Crippen molar-refractivity contribution in [1.82, 2.24) is 0 Å². The monoisotopic (exact) mass is 374 g/mol. The molecule has 4 rings (SSSR count). The molecule has 0 radical (unpaired) electrons. The zero-order chi connectivity index (χ0) is 19.1. The van der Waals surface area contributed by atoms with Crippen LogP contribution >= 0.6 is 0 Å². The van der Waals surface area contributed by atoms with Crippen LogP contribution in [0.25, 0.3) is 0 Å². The quantitative estimate of drug-likeness (QED) is 0.503. The van der Waals surface area contributed by atoms with Crippen molar-refractivity contribution in [2.24, 2.45) is 29.6 Å². The fraction of sp³-hybridized carbons (Fsp3) is 0.727. The van der Waals surface area contributed by atoms with Gasteiger partial charge in [0, 0.05) is 12.3 Å². The predicted octanol–water partition coefficient (Wildman–Crippen LogP) is 2.56. The number of cyclic esters (lactones) is 1. The first-order chi connectivity index (χ1) is 12.9. The van der Waals surface area contributed by atoms with Crippen LogP contribution in [0.5, 0.6) is 0 Å². The van der Waals surface area contributed by atoms with Crippen molar-refractivity contribution >= 4 is 11.8 Å². The van der Waals surface area contributed by atoms with Gasteiger partial charge in [-0.05, 0) is 68.3 Å². The van der Waals surface area contributed by atoms with E-state index in [1.807, 2.05) is 6.92 Å². The lowest BCUT2D eigenvalue weighted by atomic mass is 9.70. The number of hydrogen-bond donors (Lipinski definition) is 2. The SMILES string of the molecule is CC1CCCC(O)CC(=O)C2=CC3C(C=CC4CC(O)CC43)C2CC(=O)O1. The van der Waals surface area contributed by atoms with Crippen LogP contribution in [0.15, 0.2) is 23.8 Å². The Bertz CT molecular complexity index is 666. The average molecular weight is 374 g/mol. The Hall–Kier alpha value is -1.46. The Morgan fingerprint density at radius 3 is 2.63 bits per heavy atom. The summed E-state index contributed by atoms with van der Waals surface area (Å²) in [6.45, 7) is 1.89. The summed E-state index contributed by atoms with van der Waals surface area (Å²) in [7, 11) is 0. The van der Waals surface area contributed by atoms with Gasteiger partial charge in [0.15, 0.2) is 5.78 Å². The summed E-state index contributed by atoms with van der Waals surface area (Å²) in [6, 6.07) is 0. The lowest BCUT2D eigenvalue weighted by Gasteiger charge is -2.34. The topological polar surface area (TPSA) is 83.8 Å². The Morgan fingerprint density at radius 1 is 1.00 bits per heavy atom. The number of aliphatic hydroxyl groups excluding tert-OH is 2. The van der Waals surface area contributed by atoms with E-state index < -0.39 is 6.10 Å². The molecule has 4 aliphatic rings. The molecule has 27 heavy (non-hydrogen) atoms. The standard InChI is InChI=1S/C22H30O5/c1-12-3-2-4-14(23)9-21(25)20-10-18-16(19(20)11-22(26)27-12)6-5-13-7-15(24)8-17(13)18/h5-6,10,12-19,23-24H,2-4,7-9,11H2,1H3. The molecule has 0 amide bonds. The Balaban J connectivity index is 1.63. The van der Waals surface area contributed by atoms with Crippen LogP contribution in [0.3, 0.4) is 0 Å². The van der Waals surface area contributed by atoms with Gasteiger partial charge in [0.25, 0.3) is 0 Å². The van der Waals surface area contributed by atoms with Crippen molar-refractivity contribution < 1.29 is 24.5 Å². The number of ketones is 1. The molecule has 3 aliphatic carbocycles. The molecule has 0 bridgehead atoms. The number of ether oxygens (including phenoxy) is 1. The van der Waals surface area contributed by atoms with E-state index in [1.165, 1.54) is 0 Å². The van der Waals surface area contributed by atoms with Crippen LogP contribution in [0.2, 0.25) is 0 Å². The Morgan fingerprint density at radius 2 is 1.81 bits per heavy atom. The summed E-state index contributed by atoms with van der Waals surface area (Å²) < 4.78 is 5.56. The summed E-state index contributed by atoms with van der Waals surface area (Å²) in [5.41, 5.74) is 0.695. The summed E-state index contributed by atoms with van der Waals surface area (Å²) in [4.78, 5) is 25.4. The highest BCUT2D eigenvalue weighted by Gasteiger charge is 2.49. The van der Waals surface area contributed by atoms with E-state index in [1.54, 1.807) is 0 Å². The average Bonchev–Trinajstić information content (AvgIpc) is 3.13. The van der Waals surface area contributed by atoms with Crippen LogP contribution in [0.1, 0.15) is 51.9 Å². The number of rotatable bonds is 0. The Kier molecular flexibility index (Phi) is 5.26. The van der Waals surface area contributed by atoms with E-state index in [0.29, 0.717) is 30.3 Å².